The minimum atomic E-state index is 0. The van der Waals surface area contributed by atoms with Crippen LogP contribution in [0, 0.1) is 6.92 Å². The fraction of sp³-hybridized carbons (Fsp3) is 0.0385. The van der Waals surface area contributed by atoms with Gasteiger partial charge in [0.2, 0.25) is 0 Å². The van der Waals surface area contributed by atoms with Crippen molar-refractivity contribution in [2.75, 3.05) is 10.6 Å². The van der Waals surface area contributed by atoms with Gasteiger partial charge in [0.1, 0.15) is 29.2 Å². The lowest BCUT2D eigenvalue weighted by Crippen LogP contribution is -2.02. The molecule has 2 aromatic carbocycles. The monoisotopic (exact) mass is 586 g/mol. The highest BCUT2D eigenvalue weighted by atomic mass is 35.5. The molecule has 0 radical (unpaired) electrons. The topological polar surface area (TPSA) is 104 Å². The summed E-state index contributed by atoms with van der Waals surface area (Å²) in [7, 11) is 0. The summed E-state index contributed by atoms with van der Waals surface area (Å²) in [6, 6.07) is 17.5. The van der Waals surface area contributed by atoms with Crippen LogP contribution in [0.2, 0.25) is 5.02 Å². The number of nitrogens with one attached hydrogen (secondary N) is 3. The highest BCUT2D eigenvalue weighted by molar-refractivity contribution is 6.30. The van der Waals surface area contributed by atoms with Crippen molar-refractivity contribution in [1.82, 2.24) is 29.9 Å². The van der Waals surface area contributed by atoms with E-state index >= 15 is 0 Å². The van der Waals surface area contributed by atoms with Crippen LogP contribution in [-0.2, 0) is 0 Å². The van der Waals surface area contributed by atoms with E-state index in [9.17, 15) is 0 Å². The maximum absolute atomic E-state index is 6.04. The first kappa shape index (κ1) is 28.9. The molecule has 12 heteroatoms. The Kier molecular flexibility index (Phi) is 9.30. The number of fused-ring (bicyclic) bond motifs is 2. The zero-order valence-corrected chi connectivity index (χ0v) is 23.0. The van der Waals surface area contributed by atoms with Gasteiger partial charge in [-0.25, -0.2) is 24.9 Å². The van der Waals surface area contributed by atoms with Gasteiger partial charge >= 0.3 is 0 Å². The Hall–Kier alpha value is -3.69. The molecule has 0 fully saturated rings. The quantitative estimate of drug-likeness (QED) is 0.190. The maximum Gasteiger partial charge on any atom is 0.181 e. The molecule has 0 atom stereocenters. The number of nitrogens with zero attached hydrogens (tertiary/aromatic N) is 5. The molecule has 0 saturated carbocycles. The molecule has 0 bridgehead atoms. The van der Waals surface area contributed by atoms with Gasteiger partial charge in [0, 0.05) is 39.4 Å². The minimum Gasteiger partial charge on any atom is -0.341 e. The average molecular weight is 588 g/mol. The van der Waals surface area contributed by atoms with E-state index in [-0.39, 0.29) is 37.2 Å². The number of benzene rings is 2. The Balaban J connectivity index is 0.00000133. The third-order valence-electron chi connectivity index (χ3n) is 5.79. The molecule has 0 aliphatic carbocycles. The van der Waals surface area contributed by atoms with Gasteiger partial charge in [-0.15, -0.1) is 37.2 Å². The summed E-state index contributed by atoms with van der Waals surface area (Å²) in [4.78, 5) is 25.3. The van der Waals surface area contributed by atoms with Gasteiger partial charge in [0.25, 0.3) is 0 Å². The molecular formula is C26H22Cl4N8. The van der Waals surface area contributed by atoms with Crippen LogP contribution in [0.4, 0.5) is 23.0 Å². The lowest BCUT2D eigenvalue weighted by Gasteiger charge is -2.17. The van der Waals surface area contributed by atoms with Crippen molar-refractivity contribution in [3.8, 4) is 11.3 Å². The molecule has 4 aromatic heterocycles. The lowest BCUT2D eigenvalue weighted by atomic mass is 10.0. The van der Waals surface area contributed by atoms with Gasteiger partial charge in [-0.2, -0.15) is 0 Å². The van der Waals surface area contributed by atoms with Gasteiger partial charge in [-0.05, 0) is 55.0 Å². The maximum atomic E-state index is 6.04. The Bertz CT molecular complexity index is 1690. The molecule has 3 N–H and O–H groups in total. The van der Waals surface area contributed by atoms with E-state index < -0.39 is 0 Å². The smallest absolute Gasteiger partial charge is 0.181 e. The third-order valence-corrected chi connectivity index (χ3v) is 6.04. The Morgan fingerprint density at radius 1 is 0.737 bits per heavy atom. The summed E-state index contributed by atoms with van der Waals surface area (Å²) < 4.78 is 0. The first-order chi connectivity index (χ1) is 17.2. The fourth-order valence-corrected chi connectivity index (χ4v) is 4.21. The van der Waals surface area contributed by atoms with E-state index in [1.807, 2.05) is 42.5 Å². The van der Waals surface area contributed by atoms with Crippen molar-refractivity contribution in [3.63, 3.8) is 0 Å². The third kappa shape index (κ3) is 5.44. The van der Waals surface area contributed by atoms with Crippen molar-refractivity contribution in [2.24, 2.45) is 0 Å². The molecule has 6 aromatic rings. The van der Waals surface area contributed by atoms with Gasteiger partial charge in [-0.3, -0.25) is 0 Å². The molecule has 0 saturated heterocycles. The Labute approximate surface area is 242 Å². The Morgan fingerprint density at radius 2 is 1.53 bits per heavy atom. The molecule has 0 amide bonds. The molecule has 4 heterocycles. The lowest BCUT2D eigenvalue weighted by molar-refractivity contribution is 1.19. The van der Waals surface area contributed by atoms with Crippen LogP contribution in [0.25, 0.3) is 33.2 Å². The molecule has 38 heavy (non-hydrogen) atoms. The first-order valence-corrected chi connectivity index (χ1v) is 11.3. The van der Waals surface area contributed by atoms with Crippen molar-refractivity contribution >= 4 is 93.8 Å². The highest BCUT2D eigenvalue weighted by Crippen LogP contribution is 2.36. The Morgan fingerprint density at radius 3 is 2.34 bits per heavy atom. The van der Waals surface area contributed by atoms with Gasteiger partial charge in [-0.1, -0.05) is 23.7 Å². The van der Waals surface area contributed by atoms with Gasteiger partial charge < -0.3 is 15.6 Å². The number of hydrogen-bond donors (Lipinski definition) is 3. The van der Waals surface area contributed by atoms with E-state index in [0.29, 0.717) is 16.5 Å². The second kappa shape index (κ2) is 12.2. The van der Waals surface area contributed by atoms with Crippen LogP contribution in [0.5, 0.6) is 0 Å². The summed E-state index contributed by atoms with van der Waals surface area (Å²) >= 11 is 6.04. The van der Waals surface area contributed by atoms with Crippen LogP contribution in [0.3, 0.4) is 0 Å². The molecule has 0 aliphatic heterocycles. The molecule has 0 aliphatic rings. The van der Waals surface area contributed by atoms with E-state index in [2.05, 4.69) is 59.6 Å². The number of rotatable bonds is 5. The average Bonchev–Trinajstić information content (AvgIpc) is 3.37. The van der Waals surface area contributed by atoms with E-state index in [1.54, 1.807) is 18.7 Å². The summed E-state index contributed by atoms with van der Waals surface area (Å²) in [5, 5.41) is 9.64. The van der Waals surface area contributed by atoms with Crippen molar-refractivity contribution in [3.05, 3.63) is 90.2 Å². The molecule has 194 valence electrons. The van der Waals surface area contributed by atoms with Gasteiger partial charge in [0.05, 0.1) is 12.0 Å². The SMILES string of the molecule is Cc1ccc2c(Nc3ccc(Cl)cc3)nccc2c1Nc1ncccc1-c1ncnc2nc[nH]c12.Cl.Cl.Cl. The number of imidazole rings is 1. The van der Waals surface area contributed by atoms with Gasteiger partial charge in [0.15, 0.2) is 5.65 Å². The van der Waals surface area contributed by atoms with E-state index in [4.69, 9.17) is 11.6 Å². The first-order valence-electron chi connectivity index (χ1n) is 10.9. The molecule has 6 rings (SSSR count). The number of aryl methyl sites for hydroxylation is 1. The van der Waals surface area contributed by atoms with Crippen LogP contribution in [0.15, 0.2) is 79.6 Å². The predicted molar refractivity (Wildman–Crippen MR) is 161 cm³/mol. The fourth-order valence-electron chi connectivity index (χ4n) is 4.08. The zero-order chi connectivity index (χ0) is 23.8. The number of hydrogen-bond acceptors (Lipinski definition) is 7. The van der Waals surface area contributed by atoms with Crippen molar-refractivity contribution in [2.45, 2.75) is 6.92 Å². The van der Waals surface area contributed by atoms with Crippen LogP contribution in [-0.4, -0.2) is 29.9 Å². The zero-order valence-electron chi connectivity index (χ0n) is 19.8. The number of aromatic nitrogens is 6. The molecule has 0 spiro atoms. The largest absolute Gasteiger partial charge is 0.341 e. The predicted octanol–water partition coefficient (Wildman–Crippen LogP) is 7.68. The summed E-state index contributed by atoms with van der Waals surface area (Å²) in [5.41, 5.74) is 5.86. The second-order valence-corrected chi connectivity index (χ2v) is 8.43. The van der Waals surface area contributed by atoms with Crippen LogP contribution >= 0.6 is 48.8 Å². The van der Waals surface area contributed by atoms with E-state index in [1.165, 1.54) is 6.33 Å². The summed E-state index contributed by atoms with van der Waals surface area (Å²) in [5.74, 6) is 1.44. The van der Waals surface area contributed by atoms with E-state index in [0.717, 1.165) is 50.3 Å². The van der Waals surface area contributed by atoms with Crippen LogP contribution in [0.1, 0.15) is 5.56 Å². The number of pyridine rings is 2. The van der Waals surface area contributed by atoms with Crippen molar-refractivity contribution in [1.29, 1.82) is 0 Å². The highest BCUT2D eigenvalue weighted by Gasteiger charge is 2.16. The minimum absolute atomic E-state index is 0. The molecule has 8 nitrogen and oxygen atoms in total. The van der Waals surface area contributed by atoms with Crippen molar-refractivity contribution < 1.29 is 0 Å². The summed E-state index contributed by atoms with van der Waals surface area (Å²) in [6.45, 7) is 2.06. The molecule has 0 unspecified atom stereocenters. The number of aromatic amines is 1. The number of H-pyrrole nitrogens is 1. The standard InChI is InChI=1S/C26H19ClN8.3ClH/c1-15-4-9-19-18(10-12-29-24(19)34-17-7-5-16(27)6-8-17)21(15)35-25-20(3-2-11-28-25)22-23-26(32-13-30-22)33-14-31-23;;;/h2-14H,1H3,(H,28,35)(H,29,34)(H,30,31,32,33);3*1H. The number of anilines is 4. The summed E-state index contributed by atoms with van der Waals surface area (Å²) in [6.07, 6.45) is 6.68. The number of halogens is 4. The van der Waals surface area contributed by atoms with Crippen LogP contribution < -0.4 is 10.6 Å². The normalized spacial score (nSPS) is 10.3. The second-order valence-electron chi connectivity index (χ2n) is 7.99. The molecular weight excluding hydrogens is 566 g/mol.